The Kier molecular flexibility index (Phi) is 14.1. The van der Waals surface area contributed by atoms with Crippen molar-refractivity contribution in [2.75, 3.05) is 6.54 Å². The Morgan fingerprint density at radius 3 is 1.91 bits per heavy atom. The van der Waals surface area contributed by atoms with Gasteiger partial charge in [0.1, 0.15) is 0 Å². The lowest BCUT2D eigenvalue weighted by Gasteiger charge is -2.21. The molecule has 0 unspecified atom stereocenters. The second kappa shape index (κ2) is 16.2. The molecule has 0 spiro atoms. The van der Waals surface area contributed by atoms with Gasteiger partial charge in [-0.1, -0.05) is 25.0 Å². The third-order valence-electron chi connectivity index (χ3n) is 4.87. The number of carboxylic acid groups (broad SMARTS) is 3. The van der Waals surface area contributed by atoms with Crippen LogP contribution in [0.3, 0.4) is 0 Å². The number of benzene rings is 1. The molecule has 11 heteroatoms. The van der Waals surface area contributed by atoms with Gasteiger partial charge in [-0.2, -0.15) is 0 Å². The lowest BCUT2D eigenvalue weighted by atomic mass is 10.0. The number of amides is 2. The molecule has 2 atom stereocenters. The fourth-order valence-electron chi connectivity index (χ4n) is 3.23. The number of carbonyl (C=O) groups is 4. The Labute approximate surface area is 206 Å². The first-order valence-corrected chi connectivity index (χ1v) is 11.9. The summed E-state index contributed by atoms with van der Waals surface area (Å²) in [5, 5.41) is 35.2. The van der Waals surface area contributed by atoms with Crippen molar-refractivity contribution in [2.24, 2.45) is 0 Å². The predicted molar refractivity (Wildman–Crippen MR) is 130 cm³/mol. The maximum Gasteiger partial charge on any atom is 0.315 e. The number of hydrogen-bond donors (Lipinski definition) is 6. The van der Waals surface area contributed by atoms with E-state index in [9.17, 15) is 19.2 Å². The minimum absolute atomic E-state index is 0.0339. The molecule has 33 heavy (non-hydrogen) atoms. The van der Waals surface area contributed by atoms with Crippen LogP contribution in [0.4, 0.5) is 4.79 Å². The zero-order valence-corrected chi connectivity index (χ0v) is 20.5. The topological polar surface area (TPSA) is 165 Å². The van der Waals surface area contributed by atoms with Crippen molar-refractivity contribution in [2.45, 2.75) is 70.0 Å². The Morgan fingerprint density at radius 1 is 0.788 bits per heavy atom. The summed E-state index contributed by atoms with van der Waals surface area (Å²) in [5.74, 6) is -3.31. The van der Waals surface area contributed by atoms with Crippen molar-refractivity contribution >= 4 is 46.5 Å². The zero-order valence-electron chi connectivity index (χ0n) is 18.4. The summed E-state index contributed by atoms with van der Waals surface area (Å²) in [6.45, 7) is 1.60. The van der Waals surface area contributed by atoms with Gasteiger partial charge >= 0.3 is 23.9 Å². The standard InChI is InChI=1S/C22H32IN3O7/c23-16-7-5-15(6-8-16)14-24-11-3-1-2-4-17(12-20(29)30)25-22(33)26-18(13-21(31)32)9-10-19(27)28/h5-8,17-18,24H,1-4,9-14H2,(H,27,28)(H,29,30)(H,31,32)(H2,25,26,33)/t17-,18-/m0/s1. The van der Waals surface area contributed by atoms with Crippen molar-refractivity contribution in [1.29, 1.82) is 0 Å². The van der Waals surface area contributed by atoms with Crippen molar-refractivity contribution in [3.63, 3.8) is 0 Å². The summed E-state index contributed by atoms with van der Waals surface area (Å²) in [6.07, 6.45) is 1.97. The quantitative estimate of drug-likeness (QED) is 0.122. The Morgan fingerprint density at radius 2 is 1.36 bits per heavy atom. The molecule has 0 aromatic heterocycles. The summed E-state index contributed by atoms with van der Waals surface area (Å²) in [6, 6.07) is 6.10. The van der Waals surface area contributed by atoms with Crippen LogP contribution >= 0.6 is 22.6 Å². The van der Waals surface area contributed by atoms with Crippen LogP contribution in [0.2, 0.25) is 0 Å². The van der Waals surface area contributed by atoms with E-state index >= 15 is 0 Å². The molecule has 1 aromatic rings. The maximum absolute atomic E-state index is 12.2. The van der Waals surface area contributed by atoms with Gasteiger partial charge in [0.15, 0.2) is 0 Å². The number of unbranched alkanes of at least 4 members (excludes halogenated alkanes) is 2. The van der Waals surface area contributed by atoms with Gasteiger partial charge < -0.3 is 31.3 Å². The summed E-state index contributed by atoms with van der Waals surface area (Å²) >= 11 is 2.26. The highest BCUT2D eigenvalue weighted by atomic mass is 127. The molecule has 0 heterocycles. The minimum atomic E-state index is -1.16. The molecule has 10 nitrogen and oxygen atoms in total. The number of rotatable bonds is 17. The normalized spacial score (nSPS) is 12.5. The molecule has 0 fully saturated rings. The van der Waals surface area contributed by atoms with E-state index in [-0.39, 0.29) is 19.3 Å². The van der Waals surface area contributed by atoms with E-state index in [0.717, 1.165) is 32.4 Å². The third-order valence-corrected chi connectivity index (χ3v) is 5.59. The maximum atomic E-state index is 12.2. The largest absolute Gasteiger partial charge is 0.481 e. The van der Waals surface area contributed by atoms with Crippen LogP contribution in [-0.4, -0.2) is 57.9 Å². The Hall–Kier alpha value is -2.41. The second-order valence-electron chi connectivity index (χ2n) is 7.79. The van der Waals surface area contributed by atoms with Gasteiger partial charge in [-0.15, -0.1) is 0 Å². The molecule has 0 saturated carbocycles. The zero-order chi connectivity index (χ0) is 24.6. The lowest BCUT2D eigenvalue weighted by molar-refractivity contribution is -0.139. The van der Waals surface area contributed by atoms with Gasteiger partial charge in [-0.25, -0.2) is 4.79 Å². The number of aliphatic carboxylic acids is 3. The van der Waals surface area contributed by atoms with Crippen LogP contribution < -0.4 is 16.0 Å². The number of hydrogen-bond acceptors (Lipinski definition) is 5. The van der Waals surface area contributed by atoms with Crippen molar-refractivity contribution in [1.82, 2.24) is 16.0 Å². The van der Waals surface area contributed by atoms with Crippen molar-refractivity contribution < 1.29 is 34.5 Å². The van der Waals surface area contributed by atoms with Crippen LogP contribution in [0.15, 0.2) is 24.3 Å². The summed E-state index contributed by atoms with van der Waals surface area (Å²) in [5.41, 5.74) is 1.21. The number of nitrogens with one attached hydrogen (secondary N) is 3. The van der Waals surface area contributed by atoms with Crippen molar-refractivity contribution in [3.05, 3.63) is 33.4 Å². The van der Waals surface area contributed by atoms with Gasteiger partial charge in [0, 0.05) is 28.6 Å². The lowest BCUT2D eigenvalue weighted by Crippen LogP contribution is -2.47. The number of urea groups is 1. The molecule has 6 N–H and O–H groups in total. The number of carboxylic acids is 3. The van der Waals surface area contributed by atoms with Gasteiger partial charge in [-0.3, -0.25) is 14.4 Å². The van der Waals surface area contributed by atoms with E-state index in [4.69, 9.17) is 15.3 Å². The van der Waals surface area contributed by atoms with E-state index in [1.54, 1.807) is 0 Å². The SMILES string of the molecule is O=C(O)CC[C@@H](CC(=O)O)NC(=O)N[C@@H](CCCCCNCc1ccc(I)cc1)CC(=O)O. The molecule has 0 bridgehead atoms. The van der Waals surface area contributed by atoms with Crippen LogP contribution in [0.1, 0.15) is 56.9 Å². The van der Waals surface area contributed by atoms with Crippen LogP contribution in [0, 0.1) is 3.57 Å². The van der Waals surface area contributed by atoms with E-state index in [2.05, 4.69) is 62.8 Å². The van der Waals surface area contributed by atoms with E-state index in [0.29, 0.717) is 6.42 Å². The highest BCUT2D eigenvalue weighted by molar-refractivity contribution is 14.1. The summed E-state index contributed by atoms with van der Waals surface area (Å²) in [7, 11) is 0. The summed E-state index contributed by atoms with van der Waals surface area (Å²) in [4.78, 5) is 45.0. The Balaban J connectivity index is 2.36. The fourth-order valence-corrected chi connectivity index (χ4v) is 3.59. The first-order valence-electron chi connectivity index (χ1n) is 10.8. The molecule has 0 saturated heterocycles. The van der Waals surface area contributed by atoms with Gasteiger partial charge in [0.05, 0.1) is 12.8 Å². The highest BCUT2D eigenvalue weighted by Gasteiger charge is 2.20. The van der Waals surface area contributed by atoms with Gasteiger partial charge in [-0.05, 0) is 66.1 Å². The first kappa shape index (κ1) is 28.6. The van der Waals surface area contributed by atoms with Gasteiger partial charge in [0.2, 0.25) is 0 Å². The molecule has 0 aliphatic rings. The van der Waals surface area contributed by atoms with E-state index < -0.39 is 42.4 Å². The molecule has 0 aliphatic heterocycles. The smallest absolute Gasteiger partial charge is 0.315 e. The van der Waals surface area contributed by atoms with Gasteiger partial charge in [0.25, 0.3) is 0 Å². The number of carbonyl (C=O) groups excluding carboxylic acids is 1. The molecular weight excluding hydrogens is 545 g/mol. The Bertz CT molecular complexity index is 774. The summed E-state index contributed by atoms with van der Waals surface area (Å²) < 4.78 is 1.19. The monoisotopic (exact) mass is 577 g/mol. The molecular formula is C22H32IN3O7. The molecule has 0 radical (unpaired) electrons. The third kappa shape index (κ3) is 15.1. The predicted octanol–water partition coefficient (Wildman–Crippen LogP) is 2.79. The molecule has 1 aromatic carbocycles. The second-order valence-corrected chi connectivity index (χ2v) is 9.04. The fraction of sp³-hybridized carbons (Fsp3) is 0.545. The van der Waals surface area contributed by atoms with Crippen LogP contribution in [-0.2, 0) is 20.9 Å². The first-order chi connectivity index (χ1) is 15.7. The van der Waals surface area contributed by atoms with E-state index in [1.807, 2.05) is 0 Å². The minimum Gasteiger partial charge on any atom is -0.481 e. The molecule has 184 valence electrons. The van der Waals surface area contributed by atoms with Crippen LogP contribution in [0.5, 0.6) is 0 Å². The van der Waals surface area contributed by atoms with Crippen LogP contribution in [0.25, 0.3) is 0 Å². The molecule has 2 amide bonds. The average molecular weight is 577 g/mol. The van der Waals surface area contributed by atoms with Crippen molar-refractivity contribution in [3.8, 4) is 0 Å². The van der Waals surface area contributed by atoms with E-state index in [1.165, 1.54) is 9.13 Å². The molecule has 1 rings (SSSR count). The average Bonchev–Trinajstić information content (AvgIpc) is 2.71. The number of halogens is 1. The molecule has 0 aliphatic carbocycles. The highest BCUT2D eigenvalue weighted by Crippen LogP contribution is 2.09.